The van der Waals surface area contributed by atoms with Crippen molar-refractivity contribution in [1.29, 1.82) is 0 Å². The van der Waals surface area contributed by atoms with Crippen molar-refractivity contribution in [1.82, 2.24) is 9.97 Å². The Morgan fingerprint density at radius 2 is 1.61 bits per heavy atom. The van der Waals surface area contributed by atoms with E-state index in [1.807, 2.05) is 0 Å². The van der Waals surface area contributed by atoms with Gasteiger partial charge in [-0.3, -0.25) is 0 Å². The van der Waals surface area contributed by atoms with Gasteiger partial charge in [0.15, 0.2) is 11.5 Å². The molecule has 2 N–H and O–H groups in total. The normalized spacial score (nSPS) is 26.2. The molecular formula is C28H31N3O2. The van der Waals surface area contributed by atoms with Crippen molar-refractivity contribution < 1.29 is 9.47 Å². The maximum absolute atomic E-state index is 6.46. The van der Waals surface area contributed by atoms with E-state index < -0.39 is 0 Å². The third-order valence-electron chi connectivity index (χ3n) is 8.14. The van der Waals surface area contributed by atoms with Crippen LogP contribution in [0, 0.1) is 11.8 Å². The number of hydrogen-bond acceptors (Lipinski definition) is 5. The van der Waals surface area contributed by atoms with Gasteiger partial charge in [-0.25, -0.2) is 9.97 Å². The summed E-state index contributed by atoms with van der Waals surface area (Å²) in [4.78, 5) is 8.29. The Labute approximate surface area is 195 Å². The smallest absolute Gasteiger partial charge is 0.219 e. The summed E-state index contributed by atoms with van der Waals surface area (Å²) in [7, 11) is 1.73. The lowest BCUT2D eigenvalue weighted by Crippen LogP contribution is -2.28. The summed E-state index contributed by atoms with van der Waals surface area (Å²) >= 11 is 0. The van der Waals surface area contributed by atoms with E-state index in [9.17, 15) is 0 Å². The average Bonchev–Trinajstić information content (AvgIpc) is 3.27. The van der Waals surface area contributed by atoms with Gasteiger partial charge in [0.25, 0.3) is 0 Å². The van der Waals surface area contributed by atoms with Gasteiger partial charge >= 0.3 is 0 Å². The van der Waals surface area contributed by atoms with Crippen LogP contribution in [0.15, 0.2) is 54.9 Å². The van der Waals surface area contributed by atoms with Crippen LogP contribution < -0.4 is 15.2 Å². The summed E-state index contributed by atoms with van der Waals surface area (Å²) in [5, 5.41) is 0. The van der Waals surface area contributed by atoms with Crippen molar-refractivity contribution in [2.45, 2.75) is 56.5 Å². The van der Waals surface area contributed by atoms with Crippen LogP contribution in [0.3, 0.4) is 0 Å². The fourth-order valence-corrected chi connectivity index (χ4v) is 6.33. The highest BCUT2D eigenvalue weighted by Gasteiger charge is 2.59. The molecule has 5 nitrogen and oxygen atoms in total. The van der Waals surface area contributed by atoms with Gasteiger partial charge in [0.05, 0.1) is 13.2 Å². The molecular weight excluding hydrogens is 410 g/mol. The average molecular weight is 442 g/mol. The predicted molar refractivity (Wildman–Crippen MR) is 129 cm³/mol. The zero-order valence-electron chi connectivity index (χ0n) is 19.2. The van der Waals surface area contributed by atoms with E-state index in [-0.39, 0.29) is 5.41 Å². The first-order valence-electron chi connectivity index (χ1n) is 12.2. The molecule has 6 rings (SSSR count). The van der Waals surface area contributed by atoms with Gasteiger partial charge in [-0.2, -0.15) is 0 Å². The SMILES string of the molecule is COc1ccc(C2(c3ccc(-c4cnc(N)nc4)cc3)CCC3CC32)cc1OC1CCCC1. The van der Waals surface area contributed by atoms with Crippen LogP contribution >= 0.6 is 0 Å². The number of benzene rings is 2. The van der Waals surface area contributed by atoms with Crippen LogP contribution in [0.5, 0.6) is 11.5 Å². The Hall–Kier alpha value is -3.08. The van der Waals surface area contributed by atoms with E-state index >= 15 is 0 Å². The fourth-order valence-electron chi connectivity index (χ4n) is 6.33. The number of nitrogen functional groups attached to an aromatic ring is 1. The zero-order chi connectivity index (χ0) is 22.4. The Morgan fingerprint density at radius 1 is 0.879 bits per heavy atom. The summed E-state index contributed by atoms with van der Waals surface area (Å²) in [6.45, 7) is 0. The van der Waals surface area contributed by atoms with Crippen molar-refractivity contribution in [3.8, 4) is 22.6 Å². The number of aromatic nitrogens is 2. The number of rotatable bonds is 6. The molecule has 0 bridgehead atoms. The van der Waals surface area contributed by atoms with Gasteiger partial charge in [-0.1, -0.05) is 30.3 Å². The molecule has 3 aliphatic carbocycles. The highest BCUT2D eigenvalue weighted by molar-refractivity contribution is 5.63. The van der Waals surface area contributed by atoms with Crippen LogP contribution in [-0.4, -0.2) is 23.2 Å². The fraction of sp³-hybridized carbons (Fsp3) is 0.429. The third-order valence-corrected chi connectivity index (χ3v) is 8.14. The maximum Gasteiger partial charge on any atom is 0.219 e. The molecule has 170 valence electrons. The van der Waals surface area contributed by atoms with Gasteiger partial charge in [0, 0.05) is 23.4 Å². The Kier molecular flexibility index (Phi) is 5.01. The molecule has 1 heterocycles. The van der Waals surface area contributed by atoms with Crippen LogP contribution in [0.2, 0.25) is 0 Å². The minimum absolute atomic E-state index is 0.0425. The van der Waals surface area contributed by atoms with Gasteiger partial charge in [0.1, 0.15) is 0 Å². The molecule has 33 heavy (non-hydrogen) atoms. The molecule has 3 atom stereocenters. The van der Waals surface area contributed by atoms with E-state index in [0.29, 0.717) is 18.0 Å². The minimum Gasteiger partial charge on any atom is -0.493 e. The second kappa shape index (κ2) is 8.05. The van der Waals surface area contributed by atoms with Crippen molar-refractivity contribution >= 4 is 5.95 Å². The van der Waals surface area contributed by atoms with E-state index in [4.69, 9.17) is 15.2 Å². The van der Waals surface area contributed by atoms with Crippen LogP contribution in [0.25, 0.3) is 11.1 Å². The lowest BCUT2D eigenvalue weighted by atomic mass is 9.70. The van der Waals surface area contributed by atoms with E-state index in [1.54, 1.807) is 19.5 Å². The topological polar surface area (TPSA) is 70.3 Å². The van der Waals surface area contributed by atoms with Crippen molar-refractivity contribution in [2.75, 3.05) is 12.8 Å². The second-order valence-electron chi connectivity index (χ2n) is 9.91. The summed E-state index contributed by atoms with van der Waals surface area (Å²) in [5.74, 6) is 3.59. The summed E-state index contributed by atoms with van der Waals surface area (Å²) in [6, 6.07) is 15.6. The molecule has 3 aliphatic rings. The lowest BCUT2D eigenvalue weighted by molar-refractivity contribution is 0.200. The predicted octanol–water partition coefficient (Wildman–Crippen LogP) is 5.77. The first-order valence-corrected chi connectivity index (χ1v) is 12.2. The van der Waals surface area contributed by atoms with Crippen LogP contribution in [0.1, 0.15) is 56.1 Å². The maximum atomic E-state index is 6.46. The number of ether oxygens (including phenoxy) is 2. The summed E-state index contributed by atoms with van der Waals surface area (Å²) in [5.41, 5.74) is 10.6. The molecule has 2 aromatic carbocycles. The highest BCUT2D eigenvalue weighted by atomic mass is 16.5. The molecule has 5 heteroatoms. The number of anilines is 1. The molecule has 3 saturated carbocycles. The first-order chi connectivity index (χ1) is 16.2. The van der Waals surface area contributed by atoms with Crippen LogP contribution in [-0.2, 0) is 5.41 Å². The molecule has 0 radical (unpaired) electrons. The van der Waals surface area contributed by atoms with E-state index in [0.717, 1.165) is 41.4 Å². The van der Waals surface area contributed by atoms with Gasteiger partial charge in [-0.15, -0.1) is 0 Å². The molecule has 1 aromatic heterocycles. The number of hydrogen-bond donors (Lipinski definition) is 1. The molecule has 0 amide bonds. The van der Waals surface area contributed by atoms with E-state index in [1.165, 1.54) is 43.2 Å². The lowest BCUT2D eigenvalue weighted by Gasteiger charge is -2.34. The Balaban J connectivity index is 1.37. The minimum atomic E-state index is 0.0425. The van der Waals surface area contributed by atoms with Crippen molar-refractivity contribution in [2.24, 2.45) is 11.8 Å². The number of methoxy groups -OCH3 is 1. The second-order valence-corrected chi connectivity index (χ2v) is 9.91. The third kappa shape index (κ3) is 3.54. The number of nitrogens with two attached hydrogens (primary N) is 1. The number of fused-ring (bicyclic) bond motifs is 1. The Bertz CT molecular complexity index is 1140. The van der Waals surface area contributed by atoms with E-state index in [2.05, 4.69) is 52.4 Å². The van der Waals surface area contributed by atoms with Crippen molar-refractivity contribution in [3.05, 3.63) is 66.0 Å². The molecule has 3 unspecified atom stereocenters. The highest BCUT2D eigenvalue weighted by Crippen LogP contribution is 2.65. The molecule has 0 saturated heterocycles. The van der Waals surface area contributed by atoms with Gasteiger partial charge < -0.3 is 15.2 Å². The monoisotopic (exact) mass is 441 g/mol. The zero-order valence-corrected chi connectivity index (χ0v) is 19.2. The molecule has 3 aromatic rings. The quantitative estimate of drug-likeness (QED) is 0.526. The largest absolute Gasteiger partial charge is 0.493 e. The molecule has 0 spiro atoms. The van der Waals surface area contributed by atoms with Crippen LogP contribution in [0.4, 0.5) is 5.95 Å². The summed E-state index contributed by atoms with van der Waals surface area (Å²) < 4.78 is 12.1. The molecule has 0 aliphatic heterocycles. The molecule has 3 fully saturated rings. The first kappa shape index (κ1) is 20.5. The Morgan fingerprint density at radius 3 is 2.24 bits per heavy atom. The van der Waals surface area contributed by atoms with Gasteiger partial charge in [-0.05, 0) is 85.6 Å². The van der Waals surface area contributed by atoms with Crippen molar-refractivity contribution in [3.63, 3.8) is 0 Å². The van der Waals surface area contributed by atoms with Gasteiger partial charge in [0.2, 0.25) is 5.95 Å². The standard InChI is InChI=1S/C28H31N3O2/c1-32-25-11-10-22(15-26(25)33-23-4-2-3-5-23)28(13-12-19-14-24(19)28)21-8-6-18(7-9-21)20-16-30-27(29)31-17-20/h6-11,15-17,19,23-24H,2-5,12-14H2,1H3,(H2,29,30,31). The summed E-state index contributed by atoms with van der Waals surface area (Å²) in [6.07, 6.45) is 12.5. The number of nitrogens with zero attached hydrogens (tertiary/aromatic N) is 2.